The van der Waals surface area contributed by atoms with Gasteiger partial charge in [-0.15, -0.1) is 0 Å². The number of carbonyl (C=O) groups is 1. The van der Waals surface area contributed by atoms with E-state index in [-0.39, 0.29) is 11.8 Å². The fourth-order valence-electron chi connectivity index (χ4n) is 1.57. The standard InChI is InChI=1S/C13H19NO/c1-10(2)8-12(14)13(15)9-11-6-4-3-5-7-11/h3-7,10,12H,8-9,14H2,1-2H3. The van der Waals surface area contributed by atoms with Gasteiger partial charge >= 0.3 is 0 Å². The summed E-state index contributed by atoms with van der Waals surface area (Å²) in [6.45, 7) is 4.16. The summed E-state index contributed by atoms with van der Waals surface area (Å²) >= 11 is 0. The molecule has 1 rings (SSSR count). The average molecular weight is 205 g/mol. The van der Waals surface area contributed by atoms with Crippen LogP contribution in [0.4, 0.5) is 0 Å². The van der Waals surface area contributed by atoms with E-state index in [9.17, 15) is 4.79 Å². The molecule has 0 saturated carbocycles. The monoisotopic (exact) mass is 205 g/mol. The van der Waals surface area contributed by atoms with E-state index in [1.807, 2.05) is 30.3 Å². The van der Waals surface area contributed by atoms with Gasteiger partial charge in [0, 0.05) is 6.42 Å². The number of hydrogen-bond acceptors (Lipinski definition) is 2. The Morgan fingerprint density at radius 1 is 1.27 bits per heavy atom. The molecule has 0 aliphatic rings. The third-order valence-corrected chi connectivity index (χ3v) is 2.36. The number of carbonyl (C=O) groups excluding carboxylic acids is 1. The van der Waals surface area contributed by atoms with Gasteiger partial charge in [-0.1, -0.05) is 44.2 Å². The van der Waals surface area contributed by atoms with Crippen molar-refractivity contribution in [2.24, 2.45) is 11.7 Å². The summed E-state index contributed by atoms with van der Waals surface area (Å²) in [7, 11) is 0. The van der Waals surface area contributed by atoms with Crippen LogP contribution in [0.2, 0.25) is 0 Å². The van der Waals surface area contributed by atoms with Crippen molar-refractivity contribution in [2.45, 2.75) is 32.7 Å². The minimum atomic E-state index is -0.315. The molecule has 0 amide bonds. The topological polar surface area (TPSA) is 43.1 Å². The maximum absolute atomic E-state index is 11.7. The van der Waals surface area contributed by atoms with E-state index in [0.717, 1.165) is 12.0 Å². The smallest absolute Gasteiger partial charge is 0.153 e. The molecule has 1 aromatic carbocycles. The van der Waals surface area contributed by atoms with E-state index in [0.29, 0.717) is 12.3 Å². The highest BCUT2D eigenvalue weighted by atomic mass is 16.1. The molecule has 0 saturated heterocycles. The Balaban J connectivity index is 2.49. The summed E-state index contributed by atoms with van der Waals surface area (Å²) in [6, 6.07) is 9.43. The van der Waals surface area contributed by atoms with Gasteiger partial charge in [0.25, 0.3) is 0 Å². The van der Waals surface area contributed by atoms with Gasteiger partial charge in [0.1, 0.15) is 0 Å². The van der Waals surface area contributed by atoms with Crippen molar-refractivity contribution < 1.29 is 4.79 Å². The molecule has 82 valence electrons. The number of Topliss-reactive ketones (excluding diaryl/α,β-unsaturated/α-hetero) is 1. The van der Waals surface area contributed by atoms with Crippen LogP contribution in [0, 0.1) is 5.92 Å². The first-order valence-corrected chi connectivity index (χ1v) is 5.42. The summed E-state index contributed by atoms with van der Waals surface area (Å²) < 4.78 is 0. The second kappa shape index (κ2) is 5.66. The van der Waals surface area contributed by atoms with Crippen molar-refractivity contribution in [1.29, 1.82) is 0 Å². The van der Waals surface area contributed by atoms with E-state index >= 15 is 0 Å². The molecule has 2 N–H and O–H groups in total. The third kappa shape index (κ3) is 4.26. The molecule has 0 radical (unpaired) electrons. The molecule has 15 heavy (non-hydrogen) atoms. The molecule has 0 aromatic heterocycles. The van der Waals surface area contributed by atoms with Crippen molar-refractivity contribution in [3.63, 3.8) is 0 Å². The van der Waals surface area contributed by atoms with Crippen LogP contribution in [0.5, 0.6) is 0 Å². The number of rotatable bonds is 5. The first-order chi connectivity index (χ1) is 7.09. The van der Waals surface area contributed by atoms with Gasteiger partial charge in [-0.25, -0.2) is 0 Å². The summed E-state index contributed by atoms with van der Waals surface area (Å²) in [5.41, 5.74) is 6.86. The molecule has 0 spiro atoms. The Labute approximate surface area is 91.5 Å². The SMILES string of the molecule is CC(C)CC(N)C(=O)Cc1ccccc1. The molecular weight excluding hydrogens is 186 g/mol. The van der Waals surface area contributed by atoms with Gasteiger partial charge in [0.15, 0.2) is 5.78 Å². The summed E-state index contributed by atoms with van der Waals surface area (Å²) in [5.74, 6) is 0.606. The lowest BCUT2D eigenvalue weighted by Crippen LogP contribution is -2.33. The van der Waals surface area contributed by atoms with Crippen LogP contribution in [0.15, 0.2) is 30.3 Å². The lowest BCUT2D eigenvalue weighted by molar-refractivity contribution is -0.120. The maximum Gasteiger partial charge on any atom is 0.153 e. The molecule has 1 unspecified atom stereocenters. The summed E-state index contributed by atoms with van der Waals surface area (Å²) in [5, 5.41) is 0. The molecular formula is C13H19NO. The molecule has 0 bridgehead atoms. The largest absolute Gasteiger partial charge is 0.321 e. The molecule has 2 nitrogen and oxygen atoms in total. The first kappa shape index (κ1) is 11.9. The van der Waals surface area contributed by atoms with E-state index in [4.69, 9.17) is 5.73 Å². The Kier molecular flexibility index (Phi) is 4.50. The maximum atomic E-state index is 11.7. The van der Waals surface area contributed by atoms with Crippen LogP contribution < -0.4 is 5.73 Å². The van der Waals surface area contributed by atoms with E-state index in [1.165, 1.54) is 0 Å². The predicted molar refractivity (Wildman–Crippen MR) is 62.6 cm³/mol. The molecule has 0 fully saturated rings. The zero-order chi connectivity index (χ0) is 11.3. The highest BCUT2D eigenvalue weighted by Gasteiger charge is 2.14. The van der Waals surface area contributed by atoms with E-state index in [2.05, 4.69) is 13.8 Å². The summed E-state index contributed by atoms with van der Waals surface area (Å²) in [6.07, 6.45) is 1.22. The lowest BCUT2D eigenvalue weighted by Gasteiger charge is -2.12. The number of benzene rings is 1. The van der Waals surface area contributed by atoms with Gasteiger partial charge in [-0.2, -0.15) is 0 Å². The van der Waals surface area contributed by atoms with Crippen LogP contribution in [0.1, 0.15) is 25.8 Å². The highest BCUT2D eigenvalue weighted by molar-refractivity contribution is 5.85. The van der Waals surface area contributed by atoms with Gasteiger partial charge in [0.2, 0.25) is 0 Å². The van der Waals surface area contributed by atoms with E-state index in [1.54, 1.807) is 0 Å². The minimum Gasteiger partial charge on any atom is -0.321 e. The fourth-order valence-corrected chi connectivity index (χ4v) is 1.57. The lowest BCUT2D eigenvalue weighted by atomic mass is 9.97. The predicted octanol–water partition coefficient (Wildman–Crippen LogP) is 2.17. The van der Waals surface area contributed by atoms with Crippen LogP contribution in [-0.2, 0) is 11.2 Å². The quantitative estimate of drug-likeness (QED) is 0.800. The van der Waals surface area contributed by atoms with Crippen molar-refractivity contribution >= 4 is 5.78 Å². The van der Waals surface area contributed by atoms with E-state index < -0.39 is 0 Å². The van der Waals surface area contributed by atoms with Crippen molar-refractivity contribution in [3.8, 4) is 0 Å². The Hall–Kier alpha value is -1.15. The molecule has 1 aromatic rings. The third-order valence-electron chi connectivity index (χ3n) is 2.36. The minimum absolute atomic E-state index is 0.134. The molecule has 0 heterocycles. The zero-order valence-electron chi connectivity index (χ0n) is 9.44. The second-order valence-corrected chi connectivity index (χ2v) is 4.36. The average Bonchev–Trinajstić information content (AvgIpc) is 2.18. The molecule has 2 heteroatoms. The summed E-state index contributed by atoms with van der Waals surface area (Å²) in [4.78, 5) is 11.7. The van der Waals surface area contributed by atoms with Crippen LogP contribution >= 0.6 is 0 Å². The molecule has 0 aliphatic heterocycles. The molecule has 0 aliphatic carbocycles. The van der Waals surface area contributed by atoms with Gasteiger partial charge in [0.05, 0.1) is 6.04 Å². The fraction of sp³-hybridized carbons (Fsp3) is 0.462. The molecule has 1 atom stereocenters. The second-order valence-electron chi connectivity index (χ2n) is 4.36. The van der Waals surface area contributed by atoms with Crippen molar-refractivity contribution in [3.05, 3.63) is 35.9 Å². The Morgan fingerprint density at radius 3 is 2.40 bits per heavy atom. The number of hydrogen-bond donors (Lipinski definition) is 1. The number of ketones is 1. The van der Waals surface area contributed by atoms with Gasteiger partial charge in [-0.3, -0.25) is 4.79 Å². The number of nitrogens with two attached hydrogens (primary N) is 1. The van der Waals surface area contributed by atoms with Crippen LogP contribution in [-0.4, -0.2) is 11.8 Å². The first-order valence-electron chi connectivity index (χ1n) is 5.42. The zero-order valence-corrected chi connectivity index (χ0v) is 9.44. The van der Waals surface area contributed by atoms with Crippen LogP contribution in [0.25, 0.3) is 0 Å². The van der Waals surface area contributed by atoms with Crippen molar-refractivity contribution in [2.75, 3.05) is 0 Å². The van der Waals surface area contributed by atoms with Gasteiger partial charge in [-0.05, 0) is 17.9 Å². The van der Waals surface area contributed by atoms with Gasteiger partial charge < -0.3 is 5.73 Å². The normalized spacial score (nSPS) is 12.8. The highest BCUT2D eigenvalue weighted by Crippen LogP contribution is 2.07. The van der Waals surface area contributed by atoms with Crippen molar-refractivity contribution in [1.82, 2.24) is 0 Å². The Bertz CT molecular complexity index is 306. The van der Waals surface area contributed by atoms with Crippen LogP contribution in [0.3, 0.4) is 0 Å². The Morgan fingerprint density at radius 2 is 1.87 bits per heavy atom.